The van der Waals surface area contributed by atoms with Crippen LogP contribution in [0.15, 0.2) is 64.6 Å². The summed E-state index contributed by atoms with van der Waals surface area (Å²) in [5.41, 5.74) is 1.70. The number of fused-ring (bicyclic) bond motifs is 1. The number of benzene rings is 1. The summed E-state index contributed by atoms with van der Waals surface area (Å²) in [7, 11) is 0. The van der Waals surface area contributed by atoms with Crippen molar-refractivity contribution in [2.75, 3.05) is 30.3 Å². The van der Waals surface area contributed by atoms with Crippen molar-refractivity contribution in [1.29, 1.82) is 0 Å². The summed E-state index contributed by atoms with van der Waals surface area (Å²) in [6.07, 6.45) is 6.28. The Bertz CT molecular complexity index is 1070. The molecule has 1 amide bonds. The summed E-state index contributed by atoms with van der Waals surface area (Å²) >= 11 is 1.60. The highest BCUT2D eigenvalue weighted by Crippen LogP contribution is 2.26. The van der Waals surface area contributed by atoms with Crippen molar-refractivity contribution in [1.82, 2.24) is 19.8 Å². The second-order valence-corrected chi connectivity index (χ2v) is 8.87. The van der Waals surface area contributed by atoms with Gasteiger partial charge in [-0.25, -0.2) is 14.7 Å². The second-order valence-electron chi connectivity index (χ2n) is 7.75. The number of aryl methyl sites for hydroxylation is 1. The van der Waals surface area contributed by atoms with E-state index in [0.29, 0.717) is 18.8 Å². The Morgan fingerprint density at radius 2 is 2.22 bits per heavy atom. The fourth-order valence-corrected chi connectivity index (χ4v) is 4.56. The highest BCUT2D eigenvalue weighted by atomic mass is 32.2. The molecular weight excluding hydrogens is 428 g/mol. The molecule has 5 N–H and O–H groups in total. The number of rotatable bonds is 6. The Morgan fingerprint density at radius 1 is 1.34 bits per heavy atom. The van der Waals surface area contributed by atoms with Crippen LogP contribution in [-0.4, -0.2) is 52.2 Å². The van der Waals surface area contributed by atoms with Gasteiger partial charge in [-0.15, -0.1) is 0 Å². The first-order chi connectivity index (χ1) is 15.6. The first kappa shape index (κ1) is 20.6. The van der Waals surface area contributed by atoms with Gasteiger partial charge in [-0.05, 0) is 56.1 Å². The number of quaternary nitrogens is 1. The van der Waals surface area contributed by atoms with Gasteiger partial charge in [-0.3, -0.25) is 20.0 Å². The van der Waals surface area contributed by atoms with Gasteiger partial charge in [0.2, 0.25) is 11.7 Å². The van der Waals surface area contributed by atoms with Gasteiger partial charge in [-0.1, -0.05) is 0 Å². The number of anilines is 2. The maximum Gasteiger partial charge on any atom is 0.411 e. The van der Waals surface area contributed by atoms with Crippen molar-refractivity contribution in [3.8, 4) is 0 Å². The SMILES string of the molecule is Cc1cc(NC2=CN(Sc3ccc(NC(=O)OC4CCNC4)cc3)CC3=NC=C[NH+]23)n[nH]1. The first-order valence-electron chi connectivity index (χ1n) is 10.5. The minimum Gasteiger partial charge on any atom is -0.445 e. The lowest BCUT2D eigenvalue weighted by Crippen LogP contribution is -3.10. The van der Waals surface area contributed by atoms with Crippen LogP contribution in [-0.2, 0) is 4.74 Å². The van der Waals surface area contributed by atoms with Crippen molar-refractivity contribution < 1.29 is 14.4 Å². The number of H-pyrrole nitrogens is 1. The molecule has 3 aliphatic heterocycles. The van der Waals surface area contributed by atoms with E-state index < -0.39 is 6.09 Å². The van der Waals surface area contributed by atoms with Gasteiger partial charge >= 0.3 is 6.09 Å². The van der Waals surface area contributed by atoms with E-state index in [9.17, 15) is 4.79 Å². The fourth-order valence-electron chi connectivity index (χ4n) is 3.69. The normalized spacial score (nSPS) is 21.7. The maximum atomic E-state index is 12.0. The fraction of sp³-hybridized carbons (Fsp3) is 0.286. The van der Waals surface area contributed by atoms with Crippen molar-refractivity contribution in [3.05, 3.63) is 60.4 Å². The molecule has 2 aromatic rings. The van der Waals surface area contributed by atoms with Crippen molar-refractivity contribution >= 4 is 35.4 Å². The third-order valence-corrected chi connectivity index (χ3v) is 6.18. The predicted molar refractivity (Wildman–Crippen MR) is 123 cm³/mol. The summed E-state index contributed by atoms with van der Waals surface area (Å²) < 4.78 is 7.53. The molecule has 0 radical (unpaired) electrons. The molecule has 0 saturated carbocycles. The van der Waals surface area contributed by atoms with E-state index in [2.05, 4.69) is 41.6 Å². The molecule has 10 nitrogen and oxygen atoms in total. The van der Waals surface area contributed by atoms with E-state index in [-0.39, 0.29) is 6.10 Å². The molecule has 0 bridgehead atoms. The van der Waals surface area contributed by atoms with Crippen LogP contribution in [0.4, 0.5) is 16.3 Å². The van der Waals surface area contributed by atoms with Gasteiger partial charge in [0.05, 0.1) is 12.4 Å². The molecule has 0 spiro atoms. The minimum absolute atomic E-state index is 0.0569. The number of amides is 1. The molecule has 4 heterocycles. The Kier molecular flexibility index (Phi) is 5.84. The van der Waals surface area contributed by atoms with Crippen LogP contribution in [0.2, 0.25) is 0 Å². The number of carbonyl (C=O) groups is 1. The van der Waals surface area contributed by atoms with Crippen LogP contribution in [0.25, 0.3) is 0 Å². The number of hydrogen-bond donors (Lipinski definition) is 5. The zero-order valence-corrected chi connectivity index (χ0v) is 18.4. The highest BCUT2D eigenvalue weighted by Gasteiger charge is 2.32. The van der Waals surface area contributed by atoms with Gasteiger partial charge in [0.25, 0.3) is 0 Å². The van der Waals surface area contributed by atoms with Gasteiger partial charge in [0.15, 0.2) is 5.82 Å². The Labute approximate surface area is 189 Å². The first-order valence-corrected chi connectivity index (χ1v) is 11.2. The molecule has 2 unspecified atom stereocenters. The molecule has 5 rings (SSSR count). The highest BCUT2D eigenvalue weighted by molar-refractivity contribution is 7.97. The third-order valence-electron chi connectivity index (χ3n) is 5.23. The molecule has 3 aliphatic rings. The lowest BCUT2D eigenvalue weighted by molar-refractivity contribution is -0.699. The van der Waals surface area contributed by atoms with Gasteiger partial charge < -0.3 is 10.1 Å². The van der Waals surface area contributed by atoms with Crippen molar-refractivity contribution in [3.63, 3.8) is 0 Å². The molecule has 1 fully saturated rings. The zero-order valence-electron chi connectivity index (χ0n) is 17.6. The Hall–Kier alpha value is -3.28. The van der Waals surface area contributed by atoms with E-state index in [0.717, 1.165) is 45.9 Å². The second kappa shape index (κ2) is 9.07. The summed E-state index contributed by atoms with van der Waals surface area (Å²) in [6.45, 7) is 4.26. The smallest absolute Gasteiger partial charge is 0.411 e. The van der Waals surface area contributed by atoms with Crippen LogP contribution in [0.1, 0.15) is 12.1 Å². The lowest BCUT2D eigenvalue weighted by atomic mass is 10.3. The quantitative estimate of drug-likeness (QED) is 0.423. The van der Waals surface area contributed by atoms with Crippen LogP contribution in [0.5, 0.6) is 0 Å². The molecule has 2 atom stereocenters. The summed E-state index contributed by atoms with van der Waals surface area (Å²) in [6, 6.07) is 9.67. The number of hydrogen-bond acceptors (Lipinski definition) is 8. The molecule has 1 aromatic heterocycles. The molecule has 1 aromatic carbocycles. The number of aromatic nitrogens is 2. The lowest BCUT2D eigenvalue weighted by Gasteiger charge is -2.27. The van der Waals surface area contributed by atoms with Crippen LogP contribution in [0.3, 0.4) is 0 Å². The van der Waals surface area contributed by atoms with E-state index in [4.69, 9.17) is 4.74 Å². The average Bonchev–Trinajstić information content (AvgIpc) is 3.52. The summed E-state index contributed by atoms with van der Waals surface area (Å²) in [5.74, 6) is 2.73. The number of aliphatic imine (C=N–C) groups is 1. The number of nitrogens with zero attached hydrogens (tertiary/aromatic N) is 3. The van der Waals surface area contributed by atoms with E-state index >= 15 is 0 Å². The Morgan fingerprint density at radius 3 is 2.97 bits per heavy atom. The average molecular weight is 454 g/mol. The van der Waals surface area contributed by atoms with Gasteiger partial charge in [0.1, 0.15) is 18.8 Å². The maximum absolute atomic E-state index is 12.0. The van der Waals surface area contributed by atoms with Crippen LogP contribution in [0, 0.1) is 6.92 Å². The molecular formula is C21H25N8O2S+. The van der Waals surface area contributed by atoms with E-state index in [1.807, 2.05) is 49.7 Å². The number of nitrogens with one attached hydrogen (secondary N) is 5. The number of carbonyl (C=O) groups excluding carboxylic acids is 1. The largest absolute Gasteiger partial charge is 0.445 e. The topological polar surface area (TPSA) is 111 Å². The summed E-state index contributed by atoms with van der Waals surface area (Å²) in [4.78, 5) is 18.7. The standard InChI is InChI=1S/C21H24N8O2S/c1-14-10-18(27-26-14)25-20-13-28(12-19-23-8-9-29(19)20)32-17-4-2-15(3-5-17)24-21(30)31-16-6-7-22-11-16/h2-5,8-10,13,16,22H,6-7,11-12H2,1H3,(H,24,30)(H2,25,26,27)/p+1. The molecule has 166 valence electrons. The van der Waals surface area contributed by atoms with Crippen molar-refractivity contribution in [2.24, 2.45) is 4.99 Å². The number of amidine groups is 1. The van der Waals surface area contributed by atoms with Crippen LogP contribution >= 0.6 is 11.9 Å². The zero-order chi connectivity index (χ0) is 21.9. The Balaban J connectivity index is 1.22. The summed E-state index contributed by atoms with van der Waals surface area (Å²) in [5, 5.41) is 16.6. The van der Waals surface area contributed by atoms with Gasteiger partial charge in [0, 0.05) is 28.9 Å². The van der Waals surface area contributed by atoms with E-state index in [1.54, 1.807) is 11.9 Å². The van der Waals surface area contributed by atoms with Crippen molar-refractivity contribution in [2.45, 2.75) is 24.3 Å². The monoisotopic (exact) mass is 453 g/mol. The molecule has 1 saturated heterocycles. The molecule has 0 aliphatic carbocycles. The van der Waals surface area contributed by atoms with Crippen LogP contribution < -0.4 is 20.9 Å². The predicted octanol–water partition coefficient (Wildman–Crippen LogP) is 1.63. The number of aromatic amines is 1. The third kappa shape index (κ3) is 4.79. The molecule has 11 heteroatoms. The number of ether oxygens (including phenoxy) is 1. The molecule has 32 heavy (non-hydrogen) atoms. The minimum atomic E-state index is -0.419. The van der Waals surface area contributed by atoms with E-state index in [1.165, 1.54) is 0 Å². The van der Waals surface area contributed by atoms with Gasteiger partial charge in [-0.2, -0.15) is 5.10 Å².